The van der Waals surface area contributed by atoms with Gasteiger partial charge in [-0.3, -0.25) is 0 Å². The van der Waals surface area contributed by atoms with Crippen molar-refractivity contribution in [3.8, 4) is 11.1 Å². The summed E-state index contributed by atoms with van der Waals surface area (Å²) >= 11 is 0. The number of rotatable bonds is 5. The summed E-state index contributed by atoms with van der Waals surface area (Å²) in [7, 11) is 0. The largest absolute Gasteiger partial charge is 0.372 e. The van der Waals surface area contributed by atoms with Crippen molar-refractivity contribution in [1.29, 1.82) is 0 Å². The van der Waals surface area contributed by atoms with Gasteiger partial charge in [-0.15, -0.1) is 0 Å². The highest BCUT2D eigenvalue weighted by atomic mass is 16.6. The van der Waals surface area contributed by atoms with Crippen LogP contribution in [0.15, 0.2) is 78.9 Å². The molecular weight excluding hydrogens is 392 g/mol. The van der Waals surface area contributed by atoms with Crippen molar-refractivity contribution in [3.05, 3.63) is 95.6 Å². The molecule has 0 N–H and O–H groups in total. The van der Waals surface area contributed by atoms with Crippen LogP contribution in [0.4, 0.5) is 0 Å². The molecule has 0 spiro atoms. The van der Waals surface area contributed by atoms with Crippen molar-refractivity contribution in [1.82, 2.24) is 0 Å². The fourth-order valence-electron chi connectivity index (χ4n) is 5.11. The van der Waals surface area contributed by atoms with Gasteiger partial charge < -0.3 is 9.47 Å². The summed E-state index contributed by atoms with van der Waals surface area (Å²) in [5.74, 6) is 0. The molecule has 2 heterocycles. The molecule has 32 heavy (non-hydrogen) atoms. The van der Waals surface area contributed by atoms with Crippen LogP contribution in [0, 0.1) is 0 Å². The first-order chi connectivity index (χ1) is 15.4. The molecule has 0 radical (unpaired) electrons. The van der Waals surface area contributed by atoms with E-state index in [0.717, 1.165) is 25.7 Å². The Morgan fingerprint density at radius 3 is 1.59 bits per heavy atom. The Bertz CT molecular complexity index is 1000. The monoisotopic (exact) mass is 426 g/mol. The lowest BCUT2D eigenvalue weighted by Crippen LogP contribution is -2.18. The number of ether oxygens (including phenoxy) is 2. The number of fused-ring (bicyclic) bond motifs is 1. The summed E-state index contributed by atoms with van der Waals surface area (Å²) in [4.78, 5) is 0. The maximum absolute atomic E-state index is 6.41. The van der Waals surface area contributed by atoms with Crippen LogP contribution in [0.3, 0.4) is 0 Å². The van der Waals surface area contributed by atoms with E-state index in [9.17, 15) is 0 Å². The van der Waals surface area contributed by atoms with Crippen LogP contribution in [0.5, 0.6) is 0 Å². The van der Waals surface area contributed by atoms with E-state index in [1.54, 1.807) is 0 Å². The molecule has 166 valence electrons. The van der Waals surface area contributed by atoms with Crippen molar-refractivity contribution >= 4 is 0 Å². The van der Waals surface area contributed by atoms with Crippen LogP contribution >= 0.6 is 0 Å². The molecular formula is C30H34O2. The van der Waals surface area contributed by atoms with Crippen molar-refractivity contribution in [3.63, 3.8) is 0 Å². The number of hydrogen-bond acceptors (Lipinski definition) is 2. The van der Waals surface area contributed by atoms with Crippen LogP contribution in [0.1, 0.15) is 50.3 Å². The average molecular weight is 427 g/mol. The van der Waals surface area contributed by atoms with Crippen molar-refractivity contribution in [2.24, 2.45) is 0 Å². The van der Waals surface area contributed by atoms with Crippen LogP contribution in [0.2, 0.25) is 0 Å². The van der Waals surface area contributed by atoms with Gasteiger partial charge in [0.2, 0.25) is 0 Å². The van der Waals surface area contributed by atoms with Crippen LogP contribution in [-0.4, -0.2) is 24.4 Å². The molecule has 3 aromatic carbocycles. The van der Waals surface area contributed by atoms with E-state index in [4.69, 9.17) is 9.47 Å². The van der Waals surface area contributed by atoms with E-state index in [1.165, 1.54) is 27.8 Å². The van der Waals surface area contributed by atoms with E-state index >= 15 is 0 Å². The topological polar surface area (TPSA) is 18.5 Å². The average Bonchev–Trinajstić information content (AvgIpc) is 3.32. The van der Waals surface area contributed by atoms with Gasteiger partial charge in [-0.2, -0.15) is 0 Å². The Balaban J connectivity index is 1.12. The summed E-state index contributed by atoms with van der Waals surface area (Å²) in [6.07, 6.45) is 5.00. The van der Waals surface area contributed by atoms with E-state index < -0.39 is 0 Å². The summed E-state index contributed by atoms with van der Waals surface area (Å²) in [6.45, 7) is 6.78. The summed E-state index contributed by atoms with van der Waals surface area (Å²) < 4.78 is 12.8. The first-order valence-corrected chi connectivity index (χ1v) is 12.0. The Hall–Kier alpha value is -2.42. The molecule has 0 aromatic heterocycles. The molecule has 5 rings (SSSR count). The van der Waals surface area contributed by atoms with E-state index in [2.05, 4.69) is 99.6 Å². The third-order valence-electron chi connectivity index (χ3n) is 6.95. The lowest BCUT2D eigenvalue weighted by atomic mass is 9.86. The Morgan fingerprint density at radius 2 is 1.09 bits per heavy atom. The predicted molar refractivity (Wildman–Crippen MR) is 131 cm³/mol. The van der Waals surface area contributed by atoms with E-state index in [0.29, 0.717) is 0 Å². The summed E-state index contributed by atoms with van der Waals surface area (Å²) in [5.41, 5.74) is 6.81. The first-order valence-electron chi connectivity index (χ1n) is 12.0. The highest BCUT2D eigenvalue weighted by Gasteiger charge is 2.43. The van der Waals surface area contributed by atoms with Gasteiger partial charge >= 0.3 is 0 Å². The van der Waals surface area contributed by atoms with Gasteiger partial charge in [0, 0.05) is 12.8 Å². The summed E-state index contributed by atoms with van der Waals surface area (Å²) in [5, 5.41) is 0. The highest BCUT2D eigenvalue weighted by Crippen LogP contribution is 2.36. The summed E-state index contributed by atoms with van der Waals surface area (Å²) in [6, 6.07) is 28.5. The molecule has 0 aliphatic carbocycles. The fraction of sp³-hybridized carbons (Fsp3) is 0.400. The maximum atomic E-state index is 6.41. The van der Waals surface area contributed by atoms with Gasteiger partial charge in [0.1, 0.15) is 0 Å². The van der Waals surface area contributed by atoms with Gasteiger partial charge in [0.25, 0.3) is 0 Å². The van der Waals surface area contributed by atoms with E-state index in [1.807, 2.05) is 0 Å². The zero-order chi connectivity index (χ0) is 22.1. The highest BCUT2D eigenvalue weighted by molar-refractivity contribution is 5.63. The zero-order valence-electron chi connectivity index (χ0n) is 19.5. The number of benzene rings is 3. The molecule has 0 bridgehead atoms. The molecule has 0 amide bonds. The van der Waals surface area contributed by atoms with Crippen molar-refractivity contribution in [2.75, 3.05) is 0 Å². The standard InChI is InChI=1S/C30H34O2/c1-30(2,3)25-15-11-22(12-16-25)18-27-20-29-28(32-27)19-26(31-29)17-21-9-13-24(14-10-21)23-7-5-4-6-8-23/h4-16,26-29H,17-20H2,1-3H3/t26-,27-,28-,29-/m1/s1. The minimum absolute atomic E-state index is 0.199. The Labute approximate surface area is 192 Å². The van der Waals surface area contributed by atoms with Gasteiger partial charge in [-0.25, -0.2) is 0 Å². The fourth-order valence-corrected chi connectivity index (χ4v) is 5.11. The minimum atomic E-state index is 0.199. The SMILES string of the molecule is CC(C)(C)c1ccc(C[C@@H]2C[C@H]3O[C@H](Cc4ccc(-c5ccccc5)cc4)C[C@H]3O2)cc1. The van der Waals surface area contributed by atoms with Crippen molar-refractivity contribution < 1.29 is 9.47 Å². The molecule has 2 nitrogen and oxygen atoms in total. The smallest absolute Gasteiger partial charge is 0.0866 e. The second-order valence-corrected chi connectivity index (χ2v) is 10.5. The second kappa shape index (κ2) is 8.84. The quantitative estimate of drug-likeness (QED) is 0.449. The van der Waals surface area contributed by atoms with Crippen molar-refractivity contribution in [2.45, 2.75) is 76.3 Å². The molecule has 2 saturated heterocycles. The Morgan fingerprint density at radius 1 is 0.625 bits per heavy atom. The van der Waals surface area contributed by atoms with Gasteiger partial charge in [0.15, 0.2) is 0 Å². The molecule has 2 heteroatoms. The maximum Gasteiger partial charge on any atom is 0.0866 e. The van der Waals surface area contributed by atoms with Crippen LogP contribution in [0.25, 0.3) is 11.1 Å². The molecule has 4 atom stereocenters. The minimum Gasteiger partial charge on any atom is -0.372 e. The zero-order valence-corrected chi connectivity index (χ0v) is 19.5. The van der Waals surface area contributed by atoms with Gasteiger partial charge in [-0.05, 0) is 46.1 Å². The lowest BCUT2D eigenvalue weighted by molar-refractivity contribution is 0.0340. The van der Waals surface area contributed by atoms with Crippen LogP contribution in [-0.2, 0) is 27.7 Å². The molecule has 0 unspecified atom stereocenters. The second-order valence-electron chi connectivity index (χ2n) is 10.5. The lowest BCUT2D eigenvalue weighted by Gasteiger charge is -2.20. The first kappa shape index (κ1) is 21.4. The normalized spacial score (nSPS) is 25.1. The number of hydrogen-bond donors (Lipinski definition) is 0. The van der Waals surface area contributed by atoms with E-state index in [-0.39, 0.29) is 29.8 Å². The molecule has 2 fully saturated rings. The van der Waals surface area contributed by atoms with Gasteiger partial charge in [0.05, 0.1) is 24.4 Å². The predicted octanol–water partition coefficient (Wildman–Crippen LogP) is 6.75. The molecule has 3 aromatic rings. The molecule has 2 aliphatic rings. The third-order valence-corrected chi connectivity index (χ3v) is 6.95. The molecule has 0 saturated carbocycles. The van der Waals surface area contributed by atoms with Gasteiger partial charge in [-0.1, -0.05) is 99.6 Å². The molecule has 2 aliphatic heterocycles. The van der Waals surface area contributed by atoms with Crippen LogP contribution < -0.4 is 0 Å². The Kier molecular flexibility index (Phi) is 5.92. The third kappa shape index (κ3) is 4.82.